The first-order valence-electron chi connectivity index (χ1n) is 37.4. The van der Waals surface area contributed by atoms with Crippen molar-refractivity contribution < 1.29 is 73.3 Å². The predicted molar refractivity (Wildman–Crippen MR) is 419 cm³/mol. The van der Waals surface area contributed by atoms with E-state index in [-0.39, 0.29) is 122 Å². The van der Waals surface area contributed by atoms with Gasteiger partial charge >= 0.3 is 12.0 Å². The Bertz CT molecular complexity index is 4470. The number of aliphatic imine (C=N–C) groups is 3. The number of nitrogens with two attached hydrogens (primary N) is 3. The van der Waals surface area contributed by atoms with Crippen LogP contribution in [0.1, 0.15) is 205 Å². The van der Waals surface area contributed by atoms with E-state index in [4.69, 9.17) is 31.4 Å². The molecule has 3 aromatic carbocycles. The highest BCUT2D eigenvalue weighted by Crippen LogP contribution is 2.46. The van der Waals surface area contributed by atoms with Crippen LogP contribution in [0.2, 0.25) is 0 Å². The average Bonchev–Trinajstić information content (AvgIpc) is 1.48. The van der Waals surface area contributed by atoms with Crippen LogP contribution in [0.4, 0.5) is 4.79 Å². The number of hydrogen-bond donors (Lipinski definition) is 13. The monoisotopic (exact) mass is 1600 g/mol. The van der Waals surface area contributed by atoms with Gasteiger partial charge in [0, 0.05) is 66.7 Å². The van der Waals surface area contributed by atoms with Crippen LogP contribution < -0.4 is 77.5 Å². The molecule has 2 saturated heterocycles. The Morgan fingerprint density at radius 1 is 0.505 bits per heavy atom. The van der Waals surface area contributed by atoms with Gasteiger partial charge in [0.25, 0.3) is 30.1 Å². The van der Waals surface area contributed by atoms with Gasteiger partial charge in [0.1, 0.15) is 52.2 Å². The van der Waals surface area contributed by atoms with Gasteiger partial charge in [-0.25, -0.2) is 44.2 Å². The molecule has 0 spiro atoms. The number of nitrogens with one attached hydrogen (secondary N) is 9. The van der Waals surface area contributed by atoms with Gasteiger partial charge in [-0.05, 0) is 250 Å². The minimum Gasteiger partial charge on any atom is -0.487 e. The standard InChI is InChI=1S/C74H113N15O16S4/c1-39-42(4)62(45(7)59-48(39)28-31-72(10,11)103-59)107(97,98)87-68(75)79-35-18-22-51(65(93)78-34-21-27-57(91)92)83-67(95)53(24-20-37-81-70(77)89-109(101,102)64-44(6)41(3)50-30-33-74(14,15)105-61(50)47(64)9)84-66(94)52(82-56(90)26-17-16-25-55-58-54(38-106-55)85-71(96)86-58)23-19-36-80-69(76)88-108(99,100)63-43(5)40(2)49-29-32-73(12,13)104-60(49)46(63)8/h51-55,58H,16-38H2,1-15H3,(H,78,93)(H,82,90)(H,83,95)(H,84,94)(H,91,92)(H3,75,79,87)(H3,76,80,88)(H3,77,81,89)(H2,85,86,96). The van der Waals surface area contributed by atoms with E-state index in [1.807, 2.05) is 62.3 Å². The van der Waals surface area contributed by atoms with Crippen molar-refractivity contribution in [2.45, 2.75) is 286 Å². The fourth-order valence-corrected chi connectivity index (χ4v) is 21.0. The van der Waals surface area contributed by atoms with Crippen LogP contribution in [-0.2, 0) is 73.3 Å². The molecule has 5 aliphatic rings. The van der Waals surface area contributed by atoms with Gasteiger partial charge in [-0.1, -0.05) is 6.42 Å². The molecule has 31 nitrogen and oxygen atoms in total. The Labute approximate surface area is 645 Å². The summed E-state index contributed by atoms with van der Waals surface area (Å²) in [5.74, 6) is -3.33. The highest BCUT2D eigenvalue weighted by Gasteiger charge is 2.43. The summed E-state index contributed by atoms with van der Waals surface area (Å²) in [6.07, 6.45) is 5.14. The highest BCUT2D eigenvalue weighted by atomic mass is 32.2. The molecule has 0 aromatic heterocycles. The SMILES string of the molecule is Cc1c(C)c(S(=O)(=O)NC(N)=NCCCC(NC(=O)CCCCC2SCC3NC(=O)NC32)C(=O)NC(CCCN=C(N)NS(=O)(=O)c2c(C)c(C)c3c(c2C)OC(C)(C)CC3)C(=O)NC(CCCN=C(N)NS(=O)(=O)c2c(C)c(C)c3c(c2C)OC(C)(C)CC3)C(=O)NCCCC(=O)O)c(C)c2c1CCC(C)(C)O2. The molecule has 8 rings (SSSR count). The number of sulfonamides is 3. The number of ether oxygens (including phenoxy) is 3. The minimum atomic E-state index is -4.38. The molecule has 6 amide bonds. The lowest BCUT2D eigenvalue weighted by atomic mass is 9.88. The highest BCUT2D eigenvalue weighted by molar-refractivity contribution is 8.00. The van der Waals surface area contributed by atoms with Crippen LogP contribution in [-0.4, -0.2) is 168 Å². The van der Waals surface area contributed by atoms with Crippen LogP contribution in [0.5, 0.6) is 17.2 Å². The van der Waals surface area contributed by atoms with Crippen LogP contribution in [0, 0.1) is 62.3 Å². The van der Waals surface area contributed by atoms with Gasteiger partial charge in [0.05, 0.1) is 26.8 Å². The Balaban J connectivity index is 1.04. The zero-order valence-corrected chi connectivity index (χ0v) is 68.8. The molecule has 109 heavy (non-hydrogen) atoms. The molecule has 0 saturated carbocycles. The molecule has 0 aliphatic carbocycles. The summed E-state index contributed by atoms with van der Waals surface area (Å²) < 4.78 is 111. The predicted octanol–water partition coefficient (Wildman–Crippen LogP) is 5.45. The molecule has 35 heteroatoms. The van der Waals surface area contributed by atoms with Crippen molar-refractivity contribution in [3.63, 3.8) is 0 Å². The van der Waals surface area contributed by atoms with E-state index in [2.05, 4.69) is 61.0 Å². The van der Waals surface area contributed by atoms with Crippen molar-refractivity contribution >= 4 is 95.3 Å². The molecule has 0 bridgehead atoms. The van der Waals surface area contributed by atoms with Crippen LogP contribution in [0.3, 0.4) is 0 Å². The van der Waals surface area contributed by atoms with Crippen molar-refractivity contribution in [2.75, 3.05) is 31.9 Å². The quantitative estimate of drug-likeness (QED) is 0.0156. The Morgan fingerprint density at radius 3 is 1.25 bits per heavy atom. The molecule has 6 unspecified atom stereocenters. The first kappa shape index (κ1) is 86.3. The maximum atomic E-state index is 15.0. The number of rotatable bonds is 33. The second-order valence-corrected chi connectivity index (χ2v) is 37.2. The summed E-state index contributed by atoms with van der Waals surface area (Å²) in [6, 6.07) is -4.57. The molecule has 3 aromatic rings. The fraction of sp³-hybridized carbons (Fsp3) is 0.635. The van der Waals surface area contributed by atoms with E-state index >= 15 is 0 Å². The van der Waals surface area contributed by atoms with E-state index in [1.165, 1.54) is 0 Å². The van der Waals surface area contributed by atoms with E-state index in [1.54, 1.807) is 53.3 Å². The lowest BCUT2D eigenvalue weighted by Crippen LogP contribution is -2.56. The molecule has 16 N–H and O–H groups in total. The number of amides is 6. The maximum absolute atomic E-state index is 15.0. The van der Waals surface area contributed by atoms with Gasteiger partial charge in [-0.2, -0.15) is 11.8 Å². The molecular formula is C74H113N15O16S4. The molecule has 604 valence electrons. The van der Waals surface area contributed by atoms with Gasteiger partial charge in [0.15, 0.2) is 0 Å². The van der Waals surface area contributed by atoms with Gasteiger partial charge < -0.3 is 68.4 Å². The fourth-order valence-electron chi connectivity index (χ4n) is 14.9. The number of thioether (sulfide) groups is 1. The normalized spacial score (nSPS) is 19.5. The summed E-state index contributed by atoms with van der Waals surface area (Å²) in [5.41, 5.74) is 25.1. The number of benzene rings is 3. The first-order valence-corrected chi connectivity index (χ1v) is 42.9. The Morgan fingerprint density at radius 2 is 0.872 bits per heavy atom. The number of unbranched alkanes of at least 4 members (excludes halogenated alkanes) is 1. The third-order valence-electron chi connectivity index (χ3n) is 21.2. The second kappa shape index (κ2) is 35.4. The van der Waals surface area contributed by atoms with E-state index < -0.39 is 112 Å². The lowest BCUT2D eigenvalue weighted by Gasteiger charge is -2.35. The number of carbonyl (C=O) groups excluding carboxylic acids is 5. The van der Waals surface area contributed by atoms with Crippen molar-refractivity contribution in [1.29, 1.82) is 0 Å². The van der Waals surface area contributed by atoms with Crippen molar-refractivity contribution in [3.05, 3.63) is 66.8 Å². The maximum Gasteiger partial charge on any atom is 0.315 e. The van der Waals surface area contributed by atoms with E-state index in [0.29, 0.717) is 89.2 Å². The Kier molecular flexibility index (Phi) is 28.0. The summed E-state index contributed by atoms with van der Waals surface area (Å²) in [7, 11) is -13.1. The summed E-state index contributed by atoms with van der Waals surface area (Å²) in [6.45, 7) is 26.6. The molecule has 6 atom stereocenters. The van der Waals surface area contributed by atoms with Gasteiger partial charge in [0.2, 0.25) is 41.5 Å². The number of aliphatic carboxylic acids is 1. The lowest BCUT2D eigenvalue weighted by molar-refractivity contribution is -0.137. The van der Waals surface area contributed by atoms with Crippen LogP contribution >= 0.6 is 11.8 Å². The smallest absolute Gasteiger partial charge is 0.315 e. The summed E-state index contributed by atoms with van der Waals surface area (Å²) >= 11 is 1.73. The number of urea groups is 1. The van der Waals surface area contributed by atoms with Crippen LogP contribution in [0.15, 0.2) is 29.7 Å². The molecule has 5 aliphatic heterocycles. The molecular weight excluding hydrogens is 1480 g/mol. The zero-order chi connectivity index (χ0) is 80.6. The topological polar surface area (TPSA) is 476 Å². The first-order chi connectivity index (χ1) is 50.8. The average molecular weight is 1600 g/mol. The van der Waals surface area contributed by atoms with E-state index in [9.17, 15) is 59.1 Å². The molecule has 2 fully saturated rings. The van der Waals surface area contributed by atoms with Gasteiger partial charge in [-0.15, -0.1) is 0 Å². The number of nitrogens with zero attached hydrogens (tertiary/aromatic N) is 3. The number of hydrogen-bond acceptors (Lipinski definition) is 19. The van der Waals surface area contributed by atoms with Crippen LogP contribution in [0.25, 0.3) is 0 Å². The van der Waals surface area contributed by atoms with Gasteiger partial charge in [-0.3, -0.25) is 38.9 Å². The number of guanidine groups is 3. The third kappa shape index (κ3) is 21.6. The summed E-state index contributed by atoms with van der Waals surface area (Å²) in [5, 5.41) is 26.4. The minimum absolute atomic E-state index is 0.000643. The van der Waals surface area contributed by atoms with Crippen molar-refractivity contribution in [3.8, 4) is 17.2 Å². The third-order valence-corrected chi connectivity index (χ3v) is 27.6. The van der Waals surface area contributed by atoms with Crippen molar-refractivity contribution in [1.82, 2.24) is 46.1 Å². The Hall–Kier alpha value is -8.31. The largest absolute Gasteiger partial charge is 0.487 e. The number of carboxylic acids is 1. The second-order valence-electron chi connectivity index (χ2n) is 31.1. The van der Waals surface area contributed by atoms with E-state index in [0.717, 1.165) is 58.4 Å². The summed E-state index contributed by atoms with van der Waals surface area (Å²) in [4.78, 5) is 94.6. The molecule has 5 heterocycles. The number of fused-ring (bicyclic) bond motifs is 4. The van der Waals surface area contributed by atoms with Crippen molar-refractivity contribution in [2.24, 2.45) is 32.2 Å². The molecule has 0 radical (unpaired) electrons. The zero-order valence-electron chi connectivity index (χ0n) is 65.5. The number of carbonyl (C=O) groups is 6. The number of carboxylic acid groups (broad SMARTS) is 1.